The Bertz CT molecular complexity index is 1550. The maximum Gasteiger partial charge on any atom is 0.417 e. The Morgan fingerprint density at radius 3 is 2.66 bits per heavy atom. The lowest BCUT2D eigenvalue weighted by Crippen LogP contribution is -2.26. The summed E-state index contributed by atoms with van der Waals surface area (Å²) in [7, 11) is 0. The summed E-state index contributed by atoms with van der Waals surface area (Å²) >= 11 is 0. The molecule has 1 fully saturated rings. The van der Waals surface area contributed by atoms with Gasteiger partial charge in [-0.25, -0.2) is 15.0 Å². The Hall–Kier alpha value is -4.74. The number of nitrogen functional groups attached to an aromatic ring is 1. The molecular weight excluding hydrogens is 499 g/mol. The van der Waals surface area contributed by atoms with E-state index in [2.05, 4.69) is 26.8 Å². The molecule has 2 amide bonds. The number of nitrogens with one attached hydrogen (secondary N) is 1. The number of aromatic nitrogens is 4. The van der Waals surface area contributed by atoms with Crippen molar-refractivity contribution >= 4 is 29.1 Å². The van der Waals surface area contributed by atoms with Gasteiger partial charge in [0.1, 0.15) is 11.6 Å². The number of carbonyl (C=O) groups excluding carboxylic acids is 2. The summed E-state index contributed by atoms with van der Waals surface area (Å²) in [4.78, 5) is 39.0. The minimum absolute atomic E-state index is 0.0432. The summed E-state index contributed by atoms with van der Waals surface area (Å²) in [5.41, 5.74) is 5.60. The fraction of sp³-hybridized carbons (Fsp3) is 0.192. The Balaban J connectivity index is 1.60. The highest BCUT2D eigenvalue weighted by atomic mass is 19.4. The molecule has 4 heterocycles. The average molecular weight is 522 g/mol. The summed E-state index contributed by atoms with van der Waals surface area (Å²) in [6.45, 7) is 4.33. The predicted octanol–water partition coefficient (Wildman–Crippen LogP) is 4.15. The van der Waals surface area contributed by atoms with Crippen molar-refractivity contribution in [2.24, 2.45) is 0 Å². The molecule has 12 heteroatoms. The molecule has 194 valence electrons. The maximum absolute atomic E-state index is 14.3. The molecule has 1 unspecified atom stereocenters. The van der Waals surface area contributed by atoms with Gasteiger partial charge in [-0.3, -0.25) is 14.0 Å². The van der Waals surface area contributed by atoms with Gasteiger partial charge in [-0.1, -0.05) is 12.6 Å². The molecule has 4 aromatic rings. The number of amides is 2. The van der Waals surface area contributed by atoms with Gasteiger partial charge in [-0.15, -0.1) is 0 Å². The zero-order chi connectivity index (χ0) is 27.0. The molecule has 0 aliphatic carbocycles. The highest BCUT2D eigenvalue weighted by Gasteiger charge is 2.37. The third-order valence-corrected chi connectivity index (χ3v) is 6.41. The number of alkyl halides is 3. The number of pyridine rings is 1. The van der Waals surface area contributed by atoms with Gasteiger partial charge < -0.3 is 16.0 Å². The third-order valence-electron chi connectivity index (χ3n) is 6.41. The van der Waals surface area contributed by atoms with Crippen LogP contribution in [-0.4, -0.2) is 49.2 Å². The molecular formula is C26H22F3N7O2. The van der Waals surface area contributed by atoms with Crippen LogP contribution in [0.15, 0.2) is 67.5 Å². The van der Waals surface area contributed by atoms with Crippen LogP contribution < -0.4 is 11.1 Å². The number of anilines is 2. The number of fused-ring (bicyclic) bond motifs is 1. The second kappa shape index (κ2) is 9.61. The van der Waals surface area contributed by atoms with E-state index in [0.29, 0.717) is 30.7 Å². The average Bonchev–Trinajstić information content (AvgIpc) is 3.54. The van der Waals surface area contributed by atoms with Crippen LogP contribution in [0, 0.1) is 0 Å². The number of benzene rings is 1. The van der Waals surface area contributed by atoms with E-state index < -0.39 is 17.6 Å². The van der Waals surface area contributed by atoms with Crippen molar-refractivity contribution in [1.29, 1.82) is 0 Å². The van der Waals surface area contributed by atoms with Gasteiger partial charge in [0.2, 0.25) is 11.9 Å². The minimum Gasteiger partial charge on any atom is -0.369 e. The summed E-state index contributed by atoms with van der Waals surface area (Å²) in [6, 6.07) is 9.71. The fourth-order valence-corrected chi connectivity index (χ4v) is 4.62. The summed E-state index contributed by atoms with van der Waals surface area (Å²) in [5, 5.41) is 2.49. The first kappa shape index (κ1) is 24.9. The smallest absolute Gasteiger partial charge is 0.369 e. The molecule has 3 N–H and O–H groups in total. The van der Waals surface area contributed by atoms with E-state index in [1.807, 2.05) is 0 Å². The quantitative estimate of drug-likeness (QED) is 0.381. The molecule has 38 heavy (non-hydrogen) atoms. The van der Waals surface area contributed by atoms with Gasteiger partial charge in [0.05, 0.1) is 16.8 Å². The number of likely N-dealkylation sites (tertiary alicyclic amines) is 1. The Labute approximate surface area is 214 Å². The van der Waals surface area contributed by atoms with Crippen molar-refractivity contribution in [2.45, 2.75) is 18.5 Å². The standard InChI is InChI=1S/C26H22F3N7O2/c1-2-21(37)35-12-9-16(14-35)22-19-8-11-32-25(30)36(19)23(34-22)17-7-6-15(13-18(17)26(27,28)29)24(38)33-20-5-3-4-10-31-20/h2-8,10-11,13,16H,1,9,12,14H2,(H2,30,32)(H,31,33,38). The molecule has 9 nitrogen and oxygen atoms in total. The number of halogens is 3. The van der Waals surface area contributed by atoms with Crippen molar-refractivity contribution in [3.05, 3.63) is 84.3 Å². The van der Waals surface area contributed by atoms with Crippen molar-refractivity contribution in [2.75, 3.05) is 24.1 Å². The van der Waals surface area contributed by atoms with Crippen molar-refractivity contribution in [3.8, 4) is 11.4 Å². The van der Waals surface area contributed by atoms with E-state index in [0.717, 1.165) is 6.07 Å². The molecule has 1 aliphatic rings. The lowest BCUT2D eigenvalue weighted by Gasteiger charge is -2.14. The van der Waals surface area contributed by atoms with Gasteiger partial charge in [0.15, 0.2) is 0 Å². The maximum atomic E-state index is 14.3. The van der Waals surface area contributed by atoms with Crippen LogP contribution in [-0.2, 0) is 11.0 Å². The van der Waals surface area contributed by atoms with Gasteiger partial charge in [0.25, 0.3) is 5.91 Å². The largest absolute Gasteiger partial charge is 0.417 e. The van der Waals surface area contributed by atoms with Crippen molar-refractivity contribution < 1.29 is 22.8 Å². The van der Waals surface area contributed by atoms with Gasteiger partial charge >= 0.3 is 6.18 Å². The van der Waals surface area contributed by atoms with E-state index >= 15 is 0 Å². The SMILES string of the molecule is C=CC(=O)N1CCC(c2nc(-c3ccc(C(=O)Nc4ccccn4)cc3C(F)(F)F)n3c(N)nccc23)C1. The van der Waals surface area contributed by atoms with E-state index in [4.69, 9.17) is 5.73 Å². The van der Waals surface area contributed by atoms with Gasteiger partial charge in [-0.05, 0) is 48.9 Å². The Morgan fingerprint density at radius 2 is 1.95 bits per heavy atom. The number of imidazole rings is 1. The van der Waals surface area contributed by atoms with E-state index in [1.165, 1.54) is 41.1 Å². The molecule has 0 saturated carbocycles. The van der Waals surface area contributed by atoms with Crippen molar-refractivity contribution in [3.63, 3.8) is 0 Å². The van der Waals surface area contributed by atoms with Crippen LogP contribution >= 0.6 is 0 Å². The molecule has 0 bridgehead atoms. The predicted molar refractivity (Wildman–Crippen MR) is 134 cm³/mol. The number of hydrogen-bond acceptors (Lipinski definition) is 6. The lowest BCUT2D eigenvalue weighted by molar-refractivity contribution is -0.137. The summed E-state index contributed by atoms with van der Waals surface area (Å²) < 4.78 is 44.3. The highest BCUT2D eigenvalue weighted by Crippen LogP contribution is 2.40. The van der Waals surface area contributed by atoms with Crippen LogP contribution in [0.4, 0.5) is 24.9 Å². The Morgan fingerprint density at radius 1 is 1.13 bits per heavy atom. The third kappa shape index (κ3) is 4.56. The summed E-state index contributed by atoms with van der Waals surface area (Å²) in [6.07, 6.45) is -0.0952. The number of nitrogens with two attached hydrogens (primary N) is 1. The molecule has 1 saturated heterocycles. The molecule has 0 spiro atoms. The molecule has 5 rings (SSSR count). The monoisotopic (exact) mass is 521 g/mol. The molecule has 1 aliphatic heterocycles. The highest BCUT2D eigenvalue weighted by molar-refractivity contribution is 6.04. The number of nitrogens with zero attached hydrogens (tertiary/aromatic N) is 5. The first-order chi connectivity index (χ1) is 18.2. The first-order valence-electron chi connectivity index (χ1n) is 11.7. The summed E-state index contributed by atoms with van der Waals surface area (Å²) in [5.74, 6) is -1.08. The first-order valence-corrected chi connectivity index (χ1v) is 11.7. The fourth-order valence-electron chi connectivity index (χ4n) is 4.62. The van der Waals surface area contributed by atoms with E-state index in [1.54, 1.807) is 23.1 Å². The second-order valence-corrected chi connectivity index (χ2v) is 8.75. The normalized spacial score (nSPS) is 15.6. The number of carbonyl (C=O) groups is 2. The van der Waals surface area contributed by atoms with E-state index in [-0.39, 0.29) is 40.5 Å². The topological polar surface area (TPSA) is 119 Å². The number of hydrogen-bond donors (Lipinski definition) is 2. The van der Waals surface area contributed by atoms with Crippen LogP contribution in [0.5, 0.6) is 0 Å². The molecule has 3 aromatic heterocycles. The minimum atomic E-state index is -4.81. The Kier molecular flexibility index (Phi) is 6.31. The van der Waals surface area contributed by atoms with Crippen LogP contribution in [0.25, 0.3) is 16.9 Å². The van der Waals surface area contributed by atoms with Crippen LogP contribution in [0.3, 0.4) is 0 Å². The van der Waals surface area contributed by atoms with Crippen LogP contribution in [0.1, 0.15) is 34.0 Å². The molecule has 0 radical (unpaired) electrons. The number of rotatable bonds is 5. The zero-order valence-corrected chi connectivity index (χ0v) is 19.9. The van der Waals surface area contributed by atoms with Gasteiger partial charge in [0, 0.05) is 42.5 Å². The lowest BCUT2D eigenvalue weighted by atomic mass is 10.0. The zero-order valence-electron chi connectivity index (χ0n) is 19.9. The van der Waals surface area contributed by atoms with Crippen LogP contribution in [0.2, 0.25) is 0 Å². The van der Waals surface area contributed by atoms with E-state index in [9.17, 15) is 22.8 Å². The van der Waals surface area contributed by atoms with Gasteiger partial charge in [-0.2, -0.15) is 13.2 Å². The second-order valence-electron chi connectivity index (χ2n) is 8.75. The van der Waals surface area contributed by atoms with Crippen molar-refractivity contribution in [1.82, 2.24) is 24.3 Å². The molecule has 1 atom stereocenters. The molecule has 1 aromatic carbocycles.